The Labute approximate surface area is 181 Å². The first-order valence-corrected chi connectivity index (χ1v) is 11.2. The number of imide groups is 1. The highest BCUT2D eigenvalue weighted by molar-refractivity contribution is 6.05. The third kappa shape index (κ3) is 3.83. The Morgan fingerprint density at radius 1 is 1.10 bits per heavy atom. The predicted molar refractivity (Wildman–Crippen MR) is 112 cm³/mol. The van der Waals surface area contributed by atoms with Gasteiger partial charge in [0.05, 0.1) is 6.10 Å². The number of likely N-dealkylation sites (tertiary alicyclic amines) is 1. The van der Waals surface area contributed by atoms with Gasteiger partial charge in [-0.3, -0.25) is 24.6 Å². The maximum atomic E-state index is 12.9. The first-order valence-electron chi connectivity index (χ1n) is 11.2. The maximum Gasteiger partial charge on any atom is 0.255 e. The van der Waals surface area contributed by atoms with Crippen LogP contribution in [0.3, 0.4) is 0 Å². The van der Waals surface area contributed by atoms with E-state index in [0.29, 0.717) is 30.7 Å². The predicted octanol–water partition coefficient (Wildman–Crippen LogP) is 1.47. The van der Waals surface area contributed by atoms with Gasteiger partial charge < -0.3 is 14.4 Å². The van der Waals surface area contributed by atoms with Crippen molar-refractivity contribution in [3.8, 4) is 5.75 Å². The highest BCUT2D eigenvalue weighted by atomic mass is 16.5. The van der Waals surface area contributed by atoms with Crippen molar-refractivity contribution in [1.29, 1.82) is 0 Å². The SMILES string of the molecule is CO[C@H]1CCN(C2CCCC2Oc2ccc3c(c2)CN(C2CCC(=O)NC2=O)C3=O)C1. The summed E-state index contributed by atoms with van der Waals surface area (Å²) in [4.78, 5) is 40.6. The summed E-state index contributed by atoms with van der Waals surface area (Å²) in [5, 5.41) is 2.34. The van der Waals surface area contributed by atoms with Gasteiger partial charge >= 0.3 is 0 Å². The summed E-state index contributed by atoms with van der Waals surface area (Å²) in [6.07, 6.45) is 5.45. The van der Waals surface area contributed by atoms with Gasteiger partial charge in [-0.25, -0.2) is 0 Å². The van der Waals surface area contributed by atoms with Crippen LogP contribution in [0.2, 0.25) is 0 Å². The molecule has 0 aromatic heterocycles. The number of piperidine rings is 1. The summed E-state index contributed by atoms with van der Waals surface area (Å²) in [7, 11) is 1.78. The van der Waals surface area contributed by atoms with E-state index in [4.69, 9.17) is 9.47 Å². The number of amides is 3. The molecule has 3 heterocycles. The van der Waals surface area contributed by atoms with Gasteiger partial charge in [0.15, 0.2) is 0 Å². The molecule has 0 radical (unpaired) electrons. The molecule has 1 N–H and O–H groups in total. The molecule has 3 aliphatic heterocycles. The van der Waals surface area contributed by atoms with E-state index in [-0.39, 0.29) is 30.2 Å². The third-order valence-electron chi connectivity index (χ3n) is 7.18. The topological polar surface area (TPSA) is 88.2 Å². The lowest BCUT2D eigenvalue weighted by Crippen LogP contribution is -2.52. The first-order chi connectivity index (χ1) is 15.0. The number of carbonyl (C=O) groups is 3. The molecule has 8 nitrogen and oxygen atoms in total. The molecule has 1 aromatic rings. The molecular formula is C23H29N3O5. The van der Waals surface area contributed by atoms with Gasteiger partial charge in [0.25, 0.3) is 5.91 Å². The fourth-order valence-corrected chi connectivity index (χ4v) is 5.51. The van der Waals surface area contributed by atoms with Crippen molar-refractivity contribution in [1.82, 2.24) is 15.1 Å². The third-order valence-corrected chi connectivity index (χ3v) is 7.18. The van der Waals surface area contributed by atoms with E-state index in [1.54, 1.807) is 18.1 Å². The molecule has 1 aromatic carbocycles. The minimum atomic E-state index is -0.593. The molecule has 3 fully saturated rings. The van der Waals surface area contributed by atoms with E-state index in [1.165, 1.54) is 0 Å². The lowest BCUT2D eigenvalue weighted by Gasteiger charge is -2.30. The van der Waals surface area contributed by atoms with Gasteiger partial charge in [0.2, 0.25) is 11.8 Å². The van der Waals surface area contributed by atoms with Gasteiger partial charge in [-0.1, -0.05) is 0 Å². The van der Waals surface area contributed by atoms with Crippen molar-refractivity contribution in [2.75, 3.05) is 20.2 Å². The monoisotopic (exact) mass is 427 g/mol. The second-order valence-electron chi connectivity index (χ2n) is 9.01. The number of ether oxygens (including phenoxy) is 2. The minimum Gasteiger partial charge on any atom is -0.489 e. The average Bonchev–Trinajstić information content (AvgIpc) is 3.47. The zero-order valence-corrected chi connectivity index (χ0v) is 17.8. The van der Waals surface area contributed by atoms with Crippen LogP contribution in [0.15, 0.2) is 18.2 Å². The fraction of sp³-hybridized carbons (Fsp3) is 0.609. The first kappa shape index (κ1) is 20.5. The smallest absolute Gasteiger partial charge is 0.255 e. The van der Waals surface area contributed by atoms with Gasteiger partial charge in [-0.15, -0.1) is 0 Å². The Bertz CT molecular complexity index is 903. The Kier molecular flexibility index (Phi) is 5.44. The largest absolute Gasteiger partial charge is 0.489 e. The molecule has 0 bridgehead atoms. The molecule has 4 aliphatic rings. The van der Waals surface area contributed by atoms with Crippen molar-refractivity contribution in [2.45, 2.75) is 69.4 Å². The van der Waals surface area contributed by atoms with Crippen molar-refractivity contribution in [3.63, 3.8) is 0 Å². The summed E-state index contributed by atoms with van der Waals surface area (Å²) in [5.41, 5.74) is 1.49. The summed E-state index contributed by atoms with van der Waals surface area (Å²) in [6, 6.07) is 5.41. The molecule has 0 spiro atoms. The number of nitrogens with one attached hydrogen (secondary N) is 1. The summed E-state index contributed by atoms with van der Waals surface area (Å²) in [5.74, 6) is -0.0433. The van der Waals surface area contributed by atoms with Crippen molar-refractivity contribution >= 4 is 17.7 Å². The van der Waals surface area contributed by atoms with E-state index in [9.17, 15) is 14.4 Å². The van der Waals surface area contributed by atoms with Crippen LogP contribution in [0.25, 0.3) is 0 Å². The zero-order chi connectivity index (χ0) is 21.5. The molecule has 166 valence electrons. The van der Waals surface area contributed by atoms with Gasteiger partial charge in [-0.05, 0) is 55.9 Å². The molecule has 8 heteroatoms. The van der Waals surface area contributed by atoms with Crippen LogP contribution in [0.1, 0.15) is 54.4 Å². The number of hydrogen-bond donors (Lipinski definition) is 1. The van der Waals surface area contributed by atoms with E-state index in [0.717, 1.165) is 50.1 Å². The van der Waals surface area contributed by atoms with E-state index in [2.05, 4.69) is 10.2 Å². The number of hydrogen-bond acceptors (Lipinski definition) is 6. The van der Waals surface area contributed by atoms with Crippen LogP contribution in [-0.4, -0.2) is 72.0 Å². The van der Waals surface area contributed by atoms with Gasteiger partial charge in [0, 0.05) is 44.8 Å². The molecular weight excluding hydrogens is 398 g/mol. The van der Waals surface area contributed by atoms with Crippen molar-refractivity contribution in [3.05, 3.63) is 29.3 Å². The standard InChI is InChI=1S/C23H29N3O5/c1-30-16-9-10-25(13-16)18-3-2-4-20(18)31-15-5-6-17-14(11-15)12-26(23(17)29)19-7-8-21(27)24-22(19)28/h5-6,11,16,18-20H,2-4,7-10,12-13H2,1H3,(H,24,27,28)/t16-,18?,19?,20?/m0/s1. The van der Waals surface area contributed by atoms with Crippen LogP contribution in [0.5, 0.6) is 5.75 Å². The molecule has 31 heavy (non-hydrogen) atoms. The Balaban J connectivity index is 1.27. The van der Waals surface area contributed by atoms with E-state index in [1.807, 2.05) is 12.1 Å². The van der Waals surface area contributed by atoms with E-state index < -0.39 is 6.04 Å². The number of carbonyl (C=O) groups excluding carboxylic acids is 3. The summed E-state index contributed by atoms with van der Waals surface area (Å²) < 4.78 is 11.9. The summed E-state index contributed by atoms with van der Waals surface area (Å²) in [6.45, 7) is 2.37. The highest BCUT2D eigenvalue weighted by Crippen LogP contribution is 2.34. The second-order valence-corrected chi connectivity index (χ2v) is 9.01. The molecule has 2 saturated heterocycles. The Hall–Kier alpha value is -2.45. The molecule has 1 aliphatic carbocycles. The second kappa shape index (κ2) is 8.24. The fourth-order valence-electron chi connectivity index (χ4n) is 5.51. The number of rotatable bonds is 5. The molecule has 1 saturated carbocycles. The van der Waals surface area contributed by atoms with Crippen LogP contribution < -0.4 is 10.1 Å². The van der Waals surface area contributed by atoms with Gasteiger partial charge in [-0.2, -0.15) is 0 Å². The minimum absolute atomic E-state index is 0.136. The number of benzene rings is 1. The van der Waals surface area contributed by atoms with E-state index >= 15 is 0 Å². The maximum absolute atomic E-state index is 12.9. The molecule has 4 atom stereocenters. The molecule has 5 rings (SSSR count). The van der Waals surface area contributed by atoms with Crippen LogP contribution in [-0.2, 0) is 20.9 Å². The highest BCUT2D eigenvalue weighted by Gasteiger charge is 2.40. The van der Waals surface area contributed by atoms with Crippen LogP contribution in [0.4, 0.5) is 0 Å². The average molecular weight is 428 g/mol. The number of nitrogens with zero attached hydrogens (tertiary/aromatic N) is 2. The zero-order valence-electron chi connectivity index (χ0n) is 17.8. The summed E-state index contributed by atoms with van der Waals surface area (Å²) >= 11 is 0. The van der Waals surface area contributed by atoms with Crippen LogP contribution in [0, 0.1) is 0 Å². The molecule has 3 unspecified atom stereocenters. The van der Waals surface area contributed by atoms with Gasteiger partial charge in [0.1, 0.15) is 17.9 Å². The lowest BCUT2D eigenvalue weighted by molar-refractivity contribution is -0.136. The Morgan fingerprint density at radius 3 is 2.74 bits per heavy atom. The lowest BCUT2D eigenvalue weighted by atomic mass is 10.0. The number of methoxy groups -OCH3 is 1. The quantitative estimate of drug-likeness (QED) is 0.716. The van der Waals surface area contributed by atoms with Crippen LogP contribution >= 0.6 is 0 Å². The van der Waals surface area contributed by atoms with Crippen molar-refractivity contribution in [2.24, 2.45) is 0 Å². The Morgan fingerprint density at radius 2 is 1.97 bits per heavy atom. The number of fused-ring (bicyclic) bond motifs is 1. The van der Waals surface area contributed by atoms with Crippen molar-refractivity contribution < 1.29 is 23.9 Å². The normalized spacial score (nSPS) is 31.3. The molecule has 3 amide bonds.